The molecule has 4 heterocycles. The predicted octanol–water partition coefficient (Wildman–Crippen LogP) is 10.7. The molecular weight excluding hydrogens is 970 g/mol. The van der Waals surface area contributed by atoms with E-state index in [9.17, 15) is 28.0 Å². The number of nitrogens with one attached hydrogen (secondary N) is 2. The van der Waals surface area contributed by atoms with Crippen molar-refractivity contribution in [2.45, 2.75) is 6.18 Å². The number of amides is 4. The number of nitrogens with zero attached hydrogens (tertiary/aromatic N) is 9. The van der Waals surface area contributed by atoms with Crippen molar-refractivity contribution in [3.63, 3.8) is 0 Å². The Labute approximate surface area is 417 Å². The van der Waals surface area contributed by atoms with Crippen molar-refractivity contribution in [3.05, 3.63) is 156 Å². The summed E-state index contributed by atoms with van der Waals surface area (Å²) in [6, 6.07) is 25.2. The Bertz CT molecular complexity index is 3430. The molecule has 0 atom stereocenters. The summed E-state index contributed by atoms with van der Waals surface area (Å²) in [7, 11) is 0. The highest BCUT2D eigenvalue weighted by atomic mass is 19.4. The molecule has 8 aromatic rings. The lowest BCUT2D eigenvalue weighted by molar-refractivity contribution is -0.137. The minimum atomic E-state index is -4.68. The Kier molecular flexibility index (Phi) is 13.7. The van der Waals surface area contributed by atoms with E-state index in [1.807, 2.05) is 15.9 Å². The molecule has 0 radical (unpaired) electrons. The molecule has 0 aliphatic carbocycles. The van der Waals surface area contributed by atoms with E-state index in [0.717, 1.165) is 41.4 Å². The number of alkyl halides is 3. The molecule has 4 amide bonds. The van der Waals surface area contributed by atoms with Gasteiger partial charge in [-0.25, -0.2) is 28.3 Å². The number of hydrogen-bond acceptors (Lipinski definition) is 13. The average Bonchev–Trinajstić information content (AvgIpc) is 3.41. The second-order valence-electron chi connectivity index (χ2n) is 16.6. The summed E-state index contributed by atoms with van der Waals surface area (Å²) in [5.41, 5.74) is 0.714. The van der Waals surface area contributed by atoms with Crippen molar-refractivity contribution in [2.75, 3.05) is 83.1 Å². The highest BCUT2D eigenvalue weighted by molar-refractivity contribution is 6.13. The summed E-state index contributed by atoms with van der Waals surface area (Å²) in [6.07, 6.45) is -1.36. The van der Waals surface area contributed by atoms with Gasteiger partial charge in [0.25, 0.3) is 0 Å². The van der Waals surface area contributed by atoms with Crippen LogP contribution >= 0.6 is 0 Å². The number of hydrazine groups is 1. The summed E-state index contributed by atoms with van der Waals surface area (Å²) in [5.74, 6) is -0.691. The Morgan fingerprint density at radius 3 is 1.55 bits per heavy atom. The molecule has 17 nitrogen and oxygen atoms in total. The van der Waals surface area contributed by atoms with E-state index in [2.05, 4.69) is 20.6 Å². The van der Waals surface area contributed by atoms with Crippen LogP contribution in [-0.4, -0.2) is 84.6 Å². The van der Waals surface area contributed by atoms with Gasteiger partial charge < -0.3 is 39.4 Å². The second kappa shape index (κ2) is 20.9. The molecule has 22 heteroatoms. The van der Waals surface area contributed by atoms with Crippen LogP contribution < -0.4 is 39.9 Å². The van der Waals surface area contributed by atoms with Gasteiger partial charge in [0.2, 0.25) is 0 Å². The molecule has 2 fully saturated rings. The largest absolute Gasteiger partial charge is 0.454 e. The van der Waals surface area contributed by atoms with Crippen LogP contribution in [0.1, 0.15) is 11.1 Å². The number of halogens is 5. The van der Waals surface area contributed by atoms with Crippen LogP contribution in [0.5, 0.6) is 23.0 Å². The number of nitriles is 1. The molecule has 0 saturated carbocycles. The zero-order valence-electron chi connectivity index (χ0n) is 38.7. The first-order chi connectivity index (χ1) is 35.8. The van der Waals surface area contributed by atoms with E-state index in [0.29, 0.717) is 91.3 Å². The maximum absolute atomic E-state index is 16.4. The van der Waals surface area contributed by atoms with Gasteiger partial charge in [-0.15, -0.1) is 0 Å². The molecule has 2 aromatic heterocycles. The summed E-state index contributed by atoms with van der Waals surface area (Å²) in [6.45, 7) is 4.72. The third-order valence-electron chi connectivity index (χ3n) is 11.8. The number of carbonyl (C=O) groups is 2. The molecule has 10 rings (SSSR count). The zero-order chi connectivity index (χ0) is 51.3. The number of hydrogen-bond donors (Lipinski definition) is 2. The van der Waals surface area contributed by atoms with Gasteiger partial charge in [-0.3, -0.25) is 9.97 Å². The Morgan fingerprint density at radius 2 is 1.05 bits per heavy atom. The van der Waals surface area contributed by atoms with E-state index in [4.69, 9.17) is 28.9 Å². The maximum Gasteiger partial charge on any atom is 0.416 e. The molecular formula is C52H40F5N11O6. The highest BCUT2D eigenvalue weighted by Crippen LogP contribution is 2.35. The van der Waals surface area contributed by atoms with E-state index in [1.54, 1.807) is 48.8 Å². The minimum absolute atomic E-state index is 0.0601. The van der Waals surface area contributed by atoms with Crippen molar-refractivity contribution >= 4 is 68.5 Å². The first-order valence-electron chi connectivity index (χ1n) is 22.9. The number of carbonyl (C=O) groups excluding carboxylic acids is 2. The Morgan fingerprint density at radius 1 is 0.581 bits per heavy atom. The van der Waals surface area contributed by atoms with Gasteiger partial charge in [0, 0.05) is 61.8 Å². The van der Waals surface area contributed by atoms with Crippen LogP contribution in [0.3, 0.4) is 0 Å². The number of anilines is 6. The van der Waals surface area contributed by atoms with Gasteiger partial charge in [0.15, 0.2) is 23.1 Å². The number of rotatable bonds is 10. The zero-order valence-corrected chi connectivity index (χ0v) is 38.7. The van der Waals surface area contributed by atoms with Crippen molar-refractivity contribution < 1.29 is 50.5 Å². The standard InChI is InChI=1S/C52H40F5N11O6/c53-40-25-35(7-15-46(40)73-38-11-13-42-44(27-38)63-48(30-59-42)65-17-21-71-22-18-65)62-51(70)67(36-8-1-32(29-58)2-9-36)68(50(69)61-34-5-3-33(4-6-34)52(55,56)57)37-10-16-47(41(54)26-37)74-39-12-14-43-45(28-39)64-49(31-60-43)66-19-23-72-24-20-66/h1-16,25-28,30-31H,17-24H2,(H,61,69)(H,62,70). The molecule has 0 spiro atoms. The summed E-state index contributed by atoms with van der Waals surface area (Å²) in [4.78, 5) is 51.7. The van der Waals surface area contributed by atoms with Crippen LogP contribution in [-0.2, 0) is 15.7 Å². The third-order valence-corrected chi connectivity index (χ3v) is 11.8. The number of fused-ring (bicyclic) bond motifs is 2. The fraction of sp³-hybridized carbons (Fsp3) is 0.173. The molecule has 2 saturated heterocycles. The average molecular weight is 1010 g/mol. The summed E-state index contributed by atoms with van der Waals surface area (Å²) >= 11 is 0. The van der Waals surface area contributed by atoms with Crippen LogP contribution in [0.25, 0.3) is 22.1 Å². The lowest BCUT2D eigenvalue weighted by Gasteiger charge is -2.35. The monoisotopic (exact) mass is 1010 g/mol. The topological polar surface area (TPSA) is 183 Å². The minimum Gasteiger partial charge on any atom is -0.454 e. The molecule has 6 aromatic carbocycles. The quantitative estimate of drug-likeness (QED) is 0.0976. The molecule has 74 heavy (non-hydrogen) atoms. The first-order valence-corrected chi connectivity index (χ1v) is 22.9. The Balaban J connectivity index is 0.952. The normalized spacial score (nSPS) is 13.8. The van der Waals surface area contributed by atoms with Gasteiger partial charge in [-0.1, -0.05) is 0 Å². The van der Waals surface area contributed by atoms with Crippen LogP contribution in [0.2, 0.25) is 0 Å². The molecule has 0 unspecified atom stereocenters. The number of aromatic nitrogens is 4. The van der Waals surface area contributed by atoms with Gasteiger partial charge in [0.1, 0.15) is 23.1 Å². The van der Waals surface area contributed by atoms with Gasteiger partial charge in [-0.05, 0) is 97.1 Å². The van der Waals surface area contributed by atoms with Crippen molar-refractivity contribution in [1.29, 1.82) is 5.26 Å². The van der Waals surface area contributed by atoms with E-state index < -0.39 is 35.4 Å². The molecule has 2 aliphatic rings. The summed E-state index contributed by atoms with van der Waals surface area (Å²) < 4.78 is 95.7. The van der Waals surface area contributed by atoms with Gasteiger partial charge in [0.05, 0.1) is 89.5 Å². The highest BCUT2D eigenvalue weighted by Gasteiger charge is 2.33. The second-order valence-corrected chi connectivity index (χ2v) is 16.6. The number of ether oxygens (including phenoxy) is 4. The van der Waals surface area contributed by atoms with Crippen LogP contribution in [0.15, 0.2) is 134 Å². The summed E-state index contributed by atoms with van der Waals surface area (Å²) in [5, 5.41) is 16.1. The third kappa shape index (κ3) is 10.8. The van der Waals surface area contributed by atoms with Crippen LogP contribution in [0.4, 0.5) is 65.9 Å². The SMILES string of the molecule is N#Cc1ccc(N(C(=O)Nc2ccc(Oc3ccc4ncc(N5CCOCC5)nc4c3)c(F)c2)N(C(=O)Nc2ccc(C(F)(F)F)cc2)c2ccc(Oc3ccc4ncc(N5CCOCC5)nc4c3)c(F)c2)cc1. The van der Waals surface area contributed by atoms with Crippen LogP contribution in [0, 0.1) is 23.0 Å². The molecule has 2 N–H and O–H groups in total. The lowest BCUT2D eigenvalue weighted by Crippen LogP contribution is -2.54. The van der Waals surface area contributed by atoms with Gasteiger partial charge >= 0.3 is 18.2 Å². The van der Waals surface area contributed by atoms with Gasteiger partial charge in [-0.2, -0.15) is 28.5 Å². The smallest absolute Gasteiger partial charge is 0.416 e. The van der Waals surface area contributed by atoms with Crippen molar-refractivity contribution in [1.82, 2.24) is 19.9 Å². The number of benzene rings is 6. The maximum atomic E-state index is 16.4. The molecule has 374 valence electrons. The molecule has 2 aliphatic heterocycles. The Hall–Kier alpha value is -9.20. The van der Waals surface area contributed by atoms with Crippen molar-refractivity contribution in [2.24, 2.45) is 0 Å². The number of urea groups is 2. The molecule has 0 bridgehead atoms. The van der Waals surface area contributed by atoms with Crippen molar-refractivity contribution in [3.8, 4) is 29.1 Å². The first kappa shape index (κ1) is 48.4. The van der Waals surface area contributed by atoms with E-state index in [1.165, 1.54) is 48.5 Å². The lowest BCUT2D eigenvalue weighted by atomic mass is 10.2. The fourth-order valence-corrected chi connectivity index (χ4v) is 8.02. The van der Waals surface area contributed by atoms with E-state index >= 15 is 8.78 Å². The predicted molar refractivity (Wildman–Crippen MR) is 264 cm³/mol. The number of morpholine rings is 2. The van der Waals surface area contributed by atoms with E-state index in [-0.39, 0.29) is 51.3 Å². The fourth-order valence-electron chi connectivity index (χ4n) is 8.02.